The fraction of sp³-hybridized carbons (Fsp3) is 0.207. The molecule has 2 heterocycles. The maximum atomic E-state index is 13.4. The summed E-state index contributed by atoms with van der Waals surface area (Å²) in [6.45, 7) is 6.47. The molecule has 4 aromatic rings. The van der Waals surface area contributed by atoms with Crippen molar-refractivity contribution >= 4 is 44.1 Å². The number of aliphatic hydroxyl groups excluding tert-OH is 1. The van der Waals surface area contributed by atoms with E-state index in [1.165, 1.54) is 21.8 Å². The van der Waals surface area contributed by atoms with Crippen LogP contribution in [0.2, 0.25) is 0 Å². The molecule has 0 radical (unpaired) electrons. The van der Waals surface area contributed by atoms with Crippen molar-refractivity contribution in [2.75, 3.05) is 11.5 Å². The highest BCUT2D eigenvalue weighted by Gasteiger charge is 2.48. The number of ketones is 1. The predicted molar refractivity (Wildman–Crippen MR) is 143 cm³/mol. The molecule has 0 spiro atoms. The number of carbonyl (C=O) groups is 2. The minimum Gasteiger partial charge on any atom is -0.507 e. The first-order chi connectivity index (χ1) is 17.4. The van der Waals surface area contributed by atoms with Crippen LogP contribution >= 0.6 is 11.3 Å². The Labute approximate surface area is 213 Å². The van der Waals surface area contributed by atoms with Gasteiger partial charge in [-0.1, -0.05) is 54.2 Å². The molecule has 0 saturated carbocycles. The zero-order valence-corrected chi connectivity index (χ0v) is 21.1. The van der Waals surface area contributed by atoms with Crippen LogP contribution in [0.4, 0.5) is 5.13 Å². The number of ether oxygens (including phenoxy) is 1. The number of benzene rings is 3. The molecule has 5 rings (SSSR count). The molecule has 1 amide bonds. The molecule has 1 aromatic heterocycles. The molecule has 0 bridgehead atoms. The molecular formula is C29H26N2O4S. The van der Waals surface area contributed by atoms with E-state index >= 15 is 0 Å². The Balaban J connectivity index is 1.67. The van der Waals surface area contributed by atoms with Crippen LogP contribution in [0.5, 0.6) is 5.75 Å². The topological polar surface area (TPSA) is 79.7 Å². The molecule has 1 aliphatic heterocycles. The number of carbonyl (C=O) groups excluding carboxylic acids is 2. The van der Waals surface area contributed by atoms with Gasteiger partial charge in [-0.2, -0.15) is 0 Å². The molecule has 1 atom stereocenters. The third-order valence-electron chi connectivity index (χ3n) is 6.33. The summed E-state index contributed by atoms with van der Waals surface area (Å²) in [5, 5.41) is 11.7. The minimum absolute atomic E-state index is 0.0431. The summed E-state index contributed by atoms with van der Waals surface area (Å²) in [5.74, 6) is -1.01. The van der Waals surface area contributed by atoms with Gasteiger partial charge < -0.3 is 9.84 Å². The number of hydrogen-bond donors (Lipinski definition) is 1. The summed E-state index contributed by atoms with van der Waals surface area (Å²) in [5.41, 5.74) is 4.19. The number of fused-ring (bicyclic) bond motifs is 1. The standard InChI is InChI=1S/C29H26N2O4S/c1-4-18-8-15-22-23(16-18)36-29(30-22)31-25(19-9-6-17(3)7-10-19)24(27(33)28(31)34)26(32)20-11-13-21(14-12-20)35-5-2/h6-16,25,32H,4-5H2,1-3H3/b26-24+/t25-/m0/s1. The van der Waals surface area contributed by atoms with E-state index in [4.69, 9.17) is 9.72 Å². The van der Waals surface area contributed by atoms with Gasteiger partial charge in [-0.15, -0.1) is 0 Å². The lowest BCUT2D eigenvalue weighted by Crippen LogP contribution is -2.29. The van der Waals surface area contributed by atoms with Gasteiger partial charge in [0.1, 0.15) is 11.5 Å². The molecule has 0 unspecified atom stereocenters. The number of rotatable bonds is 6. The van der Waals surface area contributed by atoms with Crippen LogP contribution in [0.3, 0.4) is 0 Å². The maximum Gasteiger partial charge on any atom is 0.301 e. The van der Waals surface area contributed by atoms with Gasteiger partial charge in [0.15, 0.2) is 5.13 Å². The maximum absolute atomic E-state index is 13.4. The number of Topliss-reactive ketones (excluding diaryl/α,β-unsaturated/α-hetero) is 1. The number of nitrogens with zero attached hydrogens (tertiary/aromatic N) is 2. The van der Waals surface area contributed by atoms with E-state index in [1.807, 2.05) is 50.2 Å². The van der Waals surface area contributed by atoms with Gasteiger partial charge in [0.05, 0.1) is 28.4 Å². The normalized spacial score (nSPS) is 17.2. The molecule has 3 aromatic carbocycles. The molecule has 7 heteroatoms. The van der Waals surface area contributed by atoms with Crippen molar-refractivity contribution in [2.24, 2.45) is 0 Å². The summed E-state index contributed by atoms with van der Waals surface area (Å²) >= 11 is 1.37. The molecular weight excluding hydrogens is 472 g/mol. The van der Waals surface area contributed by atoms with Crippen molar-refractivity contribution in [3.8, 4) is 5.75 Å². The van der Waals surface area contributed by atoms with E-state index in [0.717, 1.165) is 27.8 Å². The Bertz CT molecular complexity index is 1490. The van der Waals surface area contributed by atoms with Gasteiger partial charge in [0, 0.05) is 5.56 Å². The van der Waals surface area contributed by atoms with Crippen LogP contribution in [-0.2, 0) is 16.0 Å². The number of hydrogen-bond acceptors (Lipinski definition) is 6. The second kappa shape index (κ2) is 9.59. The smallest absolute Gasteiger partial charge is 0.301 e. The summed E-state index contributed by atoms with van der Waals surface area (Å²) in [4.78, 5) is 32.9. The average Bonchev–Trinajstić information content (AvgIpc) is 3.42. The Morgan fingerprint density at radius 3 is 2.42 bits per heavy atom. The monoisotopic (exact) mass is 498 g/mol. The summed E-state index contributed by atoms with van der Waals surface area (Å²) in [6, 6.07) is 19.7. The molecule has 182 valence electrons. The second-order valence-electron chi connectivity index (χ2n) is 8.69. The number of aliphatic hydroxyl groups is 1. The van der Waals surface area contributed by atoms with Gasteiger partial charge in [-0.25, -0.2) is 4.98 Å². The van der Waals surface area contributed by atoms with Crippen LogP contribution in [0.25, 0.3) is 16.0 Å². The summed E-state index contributed by atoms with van der Waals surface area (Å²) in [6.07, 6.45) is 0.888. The molecule has 36 heavy (non-hydrogen) atoms. The number of aromatic nitrogens is 1. The molecule has 1 fully saturated rings. The Morgan fingerprint density at radius 2 is 1.75 bits per heavy atom. The Hall–Kier alpha value is -3.97. The Morgan fingerprint density at radius 1 is 1.03 bits per heavy atom. The third kappa shape index (κ3) is 4.16. The lowest BCUT2D eigenvalue weighted by molar-refractivity contribution is -0.132. The van der Waals surface area contributed by atoms with Crippen molar-refractivity contribution < 1.29 is 19.4 Å². The summed E-state index contributed by atoms with van der Waals surface area (Å²) < 4.78 is 6.44. The number of amides is 1. The number of thiazole rings is 1. The first kappa shape index (κ1) is 23.8. The summed E-state index contributed by atoms with van der Waals surface area (Å²) in [7, 11) is 0. The fourth-order valence-corrected chi connectivity index (χ4v) is 5.46. The van der Waals surface area contributed by atoms with E-state index in [1.54, 1.807) is 24.3 Å². The van der Waals surface area contributed by atoms with Crippen molar-refractivity contribution in [3.63, 3.8) is 0 Å². The highest BCUT2D eigenvalue weighted by atomic mass is 32.1. The van der Waals surface area contributed by atoms with Crippen LogP contribution < -0.4 is 9.64 Å². The average molecular weight is 499 g/mol. The van der Waals surface area contributed by atoms with Crippen molar-refractivity contribution in [1.82, 2.24) is 4.98 Å². The largest absolute Gasteiger partial charge is 0.507 e. The van der Waals surface area contributed by atoms with Crippen LogP contribution in [0.1, 0.15) is 42.1 Å². The lowest BCUT2D eigenvalue weighted by atomic mass is 9.95. The second-order valence-corrected chi connectivity index (χ2v) is 9.70. The fourth-order valence-electron chi connectivity index (χ4n) is 4.40. The molecule has 1 saturated heterocycles. The SMILES string of the molecule is CCOc1ccc(/C(O)=C2\C(=O)C(=O)N(c3nc4ccc(CC)cc4s3)[C@H]2c2ccc(C)cc2)cc1. The first-order valence-corrected chi connectivity index (χ1v) is 12.7. The number of anilines is 1. The minimum atomic E-state index is -0.802. The zero-order chi connectivity index (χ0) is 25.4. The van der Waals surface area contributed by atoms with Crippen molar-refractivity contribution in [1.29, 1.82) is 0 Å². The van der Waals surface area contributed by atoms with Gasteiger partial charge in [0.2, 0.25) is 0 Å². The molecule has 6 nitrogen and oxygen atoms in total. The highest BCUT2D eigenvalue weighted by Crippen LogP contribution is 2.44. The van der Waals surface area contributed by atoms with Gasteiger partial charge in [0.25, 0.3) is 5.78 Å². The molecule has 1 N–H and O–H groups in total. The Kier molecular flexibility index (Phi) is 6.33. The zero-order valence-electron chi connectivity index (χ0n) is 20.3. The quantitative estimate of drug-likeness (QED) is 0.195. The van der Waals surface area contributed by atoms with Crippen molar-refractivity contribution in [2.45, 2.75) is 33.2 Å². The van der Waals surface area contributed by atoms with E-state index in [2.05, 4.69) is 13.0 Å². The van der Waals surface area contributed by atoms with Crippen LogP contribution in [0, 0.1) is 6.92 Å². The van der Waals surface area contributed by atoms with Gasteiger partial charge >= 0.3 is 5.91 Å². The van der Waals surface area contributed by atoms with E-state index in [0.29, 0.717) is 23.1 Å². The van der Waals surface area contributed by atoms with E-state index < -0.39 is 17.7 Å². The number of aryl methyl sites for hydroxylation is 2. The van der Waals surface area contributed by atoms with Crippen LogP contribution in [-0.4, -0.2) is 28.4 Å². The molecule has 1 aliphatic rings. The van der Waals surface area contributed by atoms with Gasteiger partial charge in [-0.05, 0) is 67.8 Å². The first-order valence-electron chi connectivity index (χ1n) is 11.9. The molecule has 0 aliphatic carbocycles. The van der Waals surface area contributed by atoms with Crippen LogP contribution in [0.15, 0.2) is 72.3 Å². The third-order valence-corrected chi connectivity index (χ3v) is 7.35. The lowest BCUT2D eigenvalue weighted by Gasteiger charge is -2.23. The van der Waals surface area contributed by atoms with E-state index in [-0.39, 0.29) is 11.3 Å². The highest BCUT2D eigenvalue weighted by molar-refractivity contribution is 7.22. The predicted octanol–water partition coefficient (Wildman–Crippen LogP) is 6.19. The van der Waals surface area contributed by atoms with E-state index in [9.17, 15) is 14.7 Å². The van der Waals surface area contributed by atoms with Crippen molar-refractivity contribution in [3.05, 3.63) is 94.6 Å². The van der Waals surface area contributed by atoms with Gasteiger partial charge in [-0.3, -0.25) is 14.5 Å².